The molecule has 0 amide bonds. The van der Waals surface area contributed by atoms with Gasteiger partial charge in [-0.05, 0) is 83.4 Å². The summed E-state index contributed by atoms with van der Waals surface area (Å²) in [6.07, 6.45) is 6.95. The smallest absolute Gasteiger partial charge is 0.329 e. The van der Waals surface area contributed by atoms with Gasteiger partial charge in [0.05, 0.1) is 22.7 Å². The topological polar surface area (TPSA) is 64.8 Å². The van der Waals surface area contributed by atoms with Gasteiger partial charge in [-0.3, -0.25) is 19.0 Å². The summed E-state index contributed by atoms with van der Waals surface area (Å²) >= 11 is 0. The molecule has 0 saturated carbocycles. The molecule has 2 aliphatic heterocycles. The molecule has 1 aromatic carbocycles. The van der Waals surface area contributed by atoms with E-state index in [0.29, 0.717) is 19.1 Å². The molecular weight excluding hydrogens is 442 g/mol. The normalized spacial score (nSPS) is 22.5. The van der Waals surface area contributed by atoms with Crippen molar-refractivity contribution in [3.05, 3.63) is 40.4 Å². The van der Waals surface area contributed by atoms with Crippen molar-refractivity contribution < 1.29 is 9.47 Å². The summed E-state index contributed by atoms with van der Waals surface area (Å²) in [5.74, 6) is 0.438. The van der Waals surface area contributed by atoms with Crippen LogP contribution in [0.2, 0.25) is 0 Å². The number of imidazole rings is 1. The van der Waals surface area contributed by atoms with Crippen LogP contribution in [-0.4, -0.2) is 84.2 Å². The molecule has 4 heterocycles. The number of likely N-dealkylation sites (tertiary alicyclic amines) is 1. The van der Waals surface area contributed by atoms with E-state index in [1.54, 1.807) is 4.57 Å². The zero-order valence-corrected chi connectivity index (χ0v) is 21.6. The van der Waals surface area contributed by atoms with E-state index in [1.165, 1.54) is 5.56 Å². The van der Waals surface area contributed by atoms with Crippen molar-refractivity contribution in [2.75, 3.05) is 54.1 Å². The van der Waals surface area contributed by atoms with E-state index in [9.17, 15) is 4.79 Å². The van der Waals surface area contributed by atoms with Gasteiger partial charge in [0.25, 0.3) is 0 Å². The lowest BCUT2D eigenvalue weighted by molar-refractivity contribution is -0.0733. The molecule has 2 atom stereocenters. The van der Waals surface area contributed by atoms with Crippen molar-refractivity contribution in [3.63, 3.8) is 0 Å². The van der Waals surface area contributed by atoms with Crippen molar-refractivity contribution in [2.45, 2.75) is 50.3 Å². The Kier molecular flexibility index (Phi) is 7.25. The Morgan fingerprint density at radius 1 is 1.14 bits per heavy atom. The molecule has 8 heteroatoms. The lowest BCUT2D eigenvalue weighted by Gasteiger charge is -2.37. The van der Waals surface area contributed by atoms with Gasteiger partial charge in [0.15, 0.2) is 0 Å². The van der Waals surface area contributed by atoms with Crippen molar-refractivity contribution in [1.29, 1.82) is 0 Å². The summed E-state index contributed by atoms with van der Waals surface area (Å²) in [5.41, 5.74) is 4.22. The fraction of sp³-hybridized carbons (Fsp3) is 0.630. The Bertz CT molecular complexity index is 1230. The largest absolute Gasteiger partial charge is 0.381 e. The second-order valence-electron chi connectivity index (χ2n) is 10.5. The quantitative estimate of drug-likeness (QED) is 0.483. The molecule has 0 bridgehead atoms. The SMILES string of the molecule is CN(C)CCCOC1CCC(c2ccc3ncc4c(c3c2)n(C2CCOCC2)c(=O)n4C)CN1C. The molecule has 2 saturated heterocycles. The Balaban J connectivity index is 1.42. The number of ether oxygens (including phenoxy) is 2. The standard InChI is InChI=1S/C27H39N5O3/c1-29(2)12-5-13-35-25-9-7-20(18-30(25)3)19-6-8-23-22(16-19)26-24(17-28-23)31(4)27(33)32(26)21-10-14-34-15-11-21/h6,8,16-17,20-21,25H,5,7,9-15,18H2,1-4H3. The molecule has 2 unspecified atom stereocenters. The van der Waals surface area contributed by atoms with E-state index in [0.717, 1.165) is 73.7 Å². The minimum atomic E-state index is 0.0401. The third kappa shape index (κ3) is 4.89. The van der Waals surface area contributed by atoms with Crippen LogP contribution in [0.5, 0.6) is 0 Å². The fourth-order valence-corrected chi connectivity index (χ4v) is 5.78. The number of likely N-dealkylation sites (N-methyl/N-ethyl adjacent to an activating group) is 1. The van der Waals surface area contributed by atoms with Gasteiger partial charge >= 0.3 is 5.69 Å². The molecule has 8 nitrogen and oxygen atoms in total. The fourth-order valence-electron chi connectivity index (χ4n) is 5.78. The summed E-state index contributed by atoms with van der Waals surface area (Å²) in [7, 11) is 8.22. The first-order valence-corrected chi connectivity index (χ1v) is 13.0. The second kappa shape index (κ2) is 10.4. The van der Waals surface area contributed by atoms with Gasteiger partial charge in [0, 0.05) is 44.8 Å². The molecule has 35 heavy (non-hydrogen) atoms. The summed E-state index contributed by atoms with van der Waals surface area (Å²) in [6.45, 7) is 4.23. The number of hydrogen-bond acceptors (Lipinski definition) is 6. The molecule has 0 N–H and O–H groups in total. The van der Waals surface area contributed by atoms with Crippen LogP contribution in [0.4, 0.5) is 0 Å². The van der Waals surface area contributed by atoms with Crippen molar-refractivity contribution >= 4 is 21.9 Å². The maximum atomic E-state index is 13.3. The third-order valence-electron chi connectivity index (χ3n) is 7.79. The van der Waals surface area contributed by atoms with Crippen LogP contribution in [-0.2, 0) is 16.5 Å². The number of rotatable bonds is 7. The molecule has 2 aliphatic rings. The molecule has 5 rings (SSSR count). The van der Waals surface area contributed by atoms with E-state index in [1.807, 2.05) is 17.8 Å². The molecule has 190 valence electrons. The highest BCUT2D eigenvalue weighted by Gasteiger charge is 2.28. The molecule has 0 spiro atoms. The van der Waals surface area contributed by atoms with Gasteiger partial charge in [-0.1, -0.05) is 6.07 Å². The van der Waals surface area contributed by atoms with Crippen LogP contribution in [0, 0.1) is 0 Å². The van der Waals surface area contributed by atoms with E-state index >= 15 is 0 Å². The predicted octanol–water partition coefficient (Wildman–Crippen LogP) is 3.34. The van der Waals surface area contributed by atoms with Gasteiger partial charge in [-0.2, -0.15) is 0 Å². The zero-order valence-electron chi connectivity index (χ0n) is 21.6. The highest BCUT2D eigenvalue weighted by molar-refractivity contribution is 6.02. The number of fused-ring (bicyclic) bond motifs is 3. The zero-order chi connectivity index (χ0) is 24.5. The van der Waals surface area contributed by atoms with Crippen molar-refractivity contribution in [2.24, 2.45) is 7.05 Å². The molecule has 3 aromatic rings. The highest BCUT2D eigenvalue weighted by Crippen LogP contribution is 2.34. The monoisotopic (exact) mass is 481 g/mol. The van der Waals surface area contributed by atoms with Crippen LogP contribution in [0.3, 0.4) is 0 Å². The number of piperidine rings is 1. The molecule has 2 aromatic heterocycles. The number of hydrogen-bond donors (Lipinski definition) is 0. The first kappa shape index (κ1) is 24.4. The Hall–Kier alpha value is -2.26. The van der Waals surface area contributed by atoms with Crippen molar-refractivity contribution in [3.8, 4) is 0 Å². The summed E-state index contributed by atoms with van der Waals surface area (Å²) in [6, 6.07) is 6.80. The number of aryl methyl sites for hydroxylation is 1. The minimum Gasteiger partial charge on any atom is -0.381 e. The highest BCUT2D eigenvalue weighted by atomic mass is 16.5. The second-order valence-corrected chi connectivity index (χ2v) is 10.5. The van der Waals surface area contributed by atoms with Crippen LogP contribution < -0.4 is 5.69 Å². The Morgan fingerprint density at radius 2 is 1.94 bits per heavy atom. The molecule has 0 aliphatic carbocycles. The number of nitrogens with zero attached hydrogens (tertiary/aromatic N) is 5. The average Bonchev–Trinajstić information content (AvgIpc) is 3.13. The molecule has 0 radical (unpaired) electrons. The lowest BCUT2D eigenvalue weighted by atomic mass is 9.89. The number of pyridine rings is 1. The Labute approximate surface area is 207 Å². The number of aromatic nitrogens is 3. The van der Waals surface area contributed by atoms with E-state index in [4.69, 9.17) is 14.5 Å². The van der Waals surface area contributed by atoms with Gasteiger partial charge < -0.3 is 14.4 Å². The minimum absolute atomic E-state index is 0.0401. The number of benzene rings is 1. The first-order chi connectivity index (χ1) is 16.9. The Morgan fingerprint density at radius 3 is 2.69 bits per heavy atom. The summed E-state index contributed by atoms with van der Waals surface area (Å²) in [5, 5.41) is 1.08. The average molecular weight is 482 g/mol. The third-order valence-corrected chi connectivity index (χ3v) is 7.79. The van der Waals surface area contributed by atoms with Crippen LogP contribution in [0.25, 0.3) is 21.9 Å². The maximum absolute atomic E-state index is 13.3. The molecule has 2 fully saturated rings. The molecular formula is C27H39N5O3. The maximum Gasteiger partial charge on any atom is 0.329 e. The van der Waals surface area contributed by atoms with E-state index in [2.05, 4.69) is 49.1 Å². The predicted molar refractivity (Wildman–Crippen MR) is 139 cm³/mol. The van der Waals surface area contributed by atoms with Gasteiger partial charge in [0.2, 0.25) is 0 Å². The first-order valence-electron chi connectivity index (χ1n) is 13.0. The summed E-state index contributed by atoms with van der Waals surface area (Å²) in [4.78, 5) is 22.5. The summed E-state index contributed by atoms with van der Waals surface area (Å²) < 4.78 is 15.5. The van der Waals surface area contributed by atoms with Gasteiger partial charge in [0.1, 0.15) is 6.23 Å². The van der Waals surface area contributed by atoms with Crippen LogP contribution >= 0.6 is 0 Å². The van der Waals surface area contributed by atoms with E-state index < -0.39 is 0 Å². The van der Waals surface area contributed by atoms with Gasteiger partial charge in [-0.25, -0.2) is 4.79 Å². The van der Waals surface area contributed by atoms with E-state index in [-0.39, 0.29) is 18.0 Å². The lowest BCUT2D eigenvalue weighted by Crippen LogP contribution is -2.41. The van der Waals surface area contributed by atoms with Gasteiger partial charge in [-0.15, -0.1) is 0 Å². The van der Waals surface area contributed by atoms with Crippen LogP contribution in [0.1, 0.15) is 49.6 Å². The van der Waals surface area contributed by atoms with Crippen LogP contribution in [0.15, 0.2) is 29.2 Å². The van der Waals surface area contributed by atoms with Crippen molar-refractivity contribution in [1.82, 2.24) is 23.9 Å².